The first-order valence-electron chi connectivity index (χ1n) is 10.2. The molecule has 2 aromatic heterocycles. The number of anilines is 2. The van der Waals surface area contributed by atoms with Gasteiger partial charge in [-0.3, -0.25) is 9.47 Å². The van der Waals surface area contributed by atoms with E-state index in [1.807, 2.05) is 0 Å². The molecule has 0 bridgehead atoms. The number of hydrogen-bond donors (Lipinski definition) is 4. The van der Waals surface area contributed by atoms with Crippen molar-refractivity contribution in [3.05, 3.63) is 10.5 Å². The number of aliphatic hydroxyl groups is 1. The summed E-state index contributed by atoms with van der Waals surface area (Å²) in [5.74, 6) is 0.756. The summed E-state index contributed by atoms with van der Waals surface area (Å²) in [6.45, 7) is 9.29. The molecule has 10 heteroatoms. The molecule has 0 aliphatic carbocycles. The number of imidazole rings is 1. The molecule has 156 valence electrons. The van der Waals surface area contributed by atoms with E-state index in [1.165, 1.54) is 0 Å². The monoisotopic (exact) mass is 392 g/mol. The van der Waals surface area contributed by atoms with Crippen LogP contribution in [0.3, 0.4) is 0 Å². The highest BCUT2D eigenvalue weighted by molar-refractivity contribution is 5.82. The highest BCUT2D eigenvalue weighted by Gasteiger charge is 2.17. The summed E-state index contributed by atoms with van der Waals surface area (Å²) in [5, 5.41) is 12.2. The number of unbranched alkanes of at least 4 members (excludes halogenated alkanes) is 1. The Morgan fingerprint density at radius 2 is 1.82 bits per heavy atom. The van der Waals surface area contributed by atoms with Crippen molar-refractivity contribution in [1.82, 2.24) is 29.3 Å². The number of aryl methyl sites for hydroxylation is 1. The molecule has 28 heavy (non-hydrogen) atoms. The number of aromatic nitrogens is 4. The maximum absolute atomic E-state index is 12.4. The zero-order valence-electron chi connectivity index (χ0n) is 16.7. The summed E-state index contributed by atoms with van der Waals surface area (Å²) < 4.78 is 1.65. The average Bonchev–Trinajstić information content (AvgIpc) is 3.00. The van der Waals surface area contributed by atoms with Gasteiger partial charge in [0, 0.05) is 45.8 Å². The van der Waals surface area contributed by atoms with Crippen LogP contribution < -0.4 is 16.7 Å². The summed E-state index contributed by atoms with van der Waals surface area (Å²) in [5.41, 5.74) is 6.88. The summed E-state index contributed by atoms with van der Waals surface area (Å²) in [6, 6.07) is 0. The van der Waals surface area contributed by atoms with Gasteiger partial charge < -0.3 is 26.0 Å². The molecule has 2 aromatic rings. The van der Waals surface area contributed by atoms with E-state index in [0.717, 1.165) is 65.1 Å². The van der Waals surface area contributed by atoms with Crippen LogP contribution in [0.5, 0.6) is 0 Å². The van der Waals surface area contributed by atoms with Crippen LogP contribution in [0, 0.1) is 0 Å². The van der Waals surface area contributed by atoms with Crippen molar-refractivity contribution in [1.29, 1.82) is 0 Å². The molecule has 1 aliphatic rings. The molecule has 0 spiro atoms. The highest BCUT2D eigenvalue weighted by atomic mass is 16.3. The zero-order chi connectivity index (χ0) is 19.9. The number of fused-ring (bicyclic) bond motifs is 1. The van der Waals surface area contributed by atoms with Crippen molar-refractivity contribution in [2.75, 3.05) is 63.5 Å². The van der Waals surface area contributed by atoms with Gasteiger partial charge in [-0.2, -0.15) is 9.97 Å². The molecule has 0 atom stereocenters. The van der Waals surface area contributed by atoms with E-state index in [4.69, 9.17) is 10.8 Å². The minimum absolute atomic E-state index is 0.200. The van der Waals surface area contributed by atoms with Crippen molar-refractivity contribution in [3.63, 3.8) is 0 Å². The van der Waals surface area contributed by atoms with Crippen LogP contribution in [-0.2, 0) is 6.54 Å². The smallest absolute Gasteiger partial charge is 0.327 e. The summed E-state index contributed by atoms with van der Waals surface area (Å²) in [6.07, 6.45) is 2.95. The van der Waals surface area contributed by atoms with Crippen molar-refractivity contribution >= 4 is 22.9 Å². The largest absolute Gasteiger partial charge is 0.395 e. The number of β-amino-alcohol motifs (C(OH)–C–C–N with tert-alkyl or cyclic N) is 1. The molecular formula is C18H32N8O2. The van der Waals surface area contributed by atoms with E-state index in [1.54, 1.807) is 4.57 Å². The number of hydrogen-bond acceptors (Lipinski definition) is 8. The van der Waals surface area contributed by atoms with Gasteiger partial charge in [0.15, 0.2) is 11.5 Å². The number of aromatic amines is 1. The number of piperazine rings is 1. The van der Waals surface area contributed by atoms with Crippen LogP contribution in [0.15, 0.2) is 4.79 Å². The van der Waals surface area contributed by atoms with E-state index in [9.17, 15) is 4.79 Å². The van der Waals surface area contributed by atoms with Gasteiger partial charge >= 0.3 is 5.69 Å². The second-order valence-electron chi connectivity index (χ2n) is 7.25. The predicted molar refractivity (Wildman–Crippen MR) is 111 cm³/mol. The Bertz CT molecular complexity index is 810. The van der Waals surface area contributed by atoms with Gasteiger partial charge in [-0.25, -0.2) is 4.79 Å². The fraction of sp³-hybridized carbons (Fsp3) is 0.722. The molecule has 0 aromatic carbocycles. The molecule has 1 saturated heterocycles. The highest BCUT2D eigenvalue weighted by Crippen LogP contribution is 2.16. The average molecular weight is 393 g/mol. The third-order valence-electron chi connectivity index (χ3n) is 5.20. The second-order valence-corrected chi connectivity index (χ2v) is 7.25. The van der Waals surface area contributed by atoms with Gasteiger partial charge in [0.2, 0.25) is 5.95 Å². The standard InChI is InChI=1S/C18H32N8O2/c1-2-3-5-20-17-22-15(19)14-16(23-17)26(18(28)21-14)7-4-6-24-8-10-25(11-9-24)12-13-27/h27H,2-13H2,1H3,(H,21,28)(H3,19,20,22,23). The van der Waals surface area contributed by atoms with E-state index in [2.05, 4.69) is 37.0 Å². The van der Waals surface area contributed by atoms with Gasteiger partial charge in [0.25, 0.3) is 0 Å². The molecule has 0 amide bonds. The molecular weight excluding hydrogens is 360 g/mol. The van der Waals surface area contributed by atoms with Crippen LogP contribution in [-0.4, -0.2) is 86.8 Å². The quantitative estimate of drug-likeness (QED) is 0.413. The maximum atomic E-state index is 12.4. The van der Waals surface area contributed by atoms with Crippen LogP contribution >= 0.6 is 0 Å². The van der Waals surface area contributed by atoms with E-state index in [-0.39, 0.29) is 12.3 Å². The van der Waals surface area contributed by atoms with Crippen LogP contribution in [0.4, 0.5) is 11.8 Å². The SMILES string of the molecule is CCCCNc1nc(N)c2[nH]c(=O)n(CCCN3CCN(CCO)CC3)c2n1. The van der Waals surface area contributed by atoms with Crippen LogP contribution in [0.1, 0.15) is 26.2 Å². The summed E-state index contributed by atoms with van der Waals surface area (Å²) in [4.78, 5) is 28.6. The lowest BCUT2D eigenvalue weighted by Gasteiger charge is -2.34. The van der Waals surface area contributed by atoms with Crippen molar-refractivity contribution in [3.8, 4) is 0 Å². The van der Waals surface area contributed by atoms with E-state index < -0.39 is 0 Å². The number of nitrogen functional groups attached to an aromatic ring is 1. The van der Waals surface area contributed by atoms with E-state index in [0.29, 0.717) is 29.5 Å². The zero-order valence-corrected chi connectivity index (χ0v) is 16.7. The molecule has 3 heterocycles. The minimum atomic E-state index is -0.200. The normalized spacial score (nSPS) is 16.1. The first-order chi connectivity index (χ1) is 13.6. The number of nitrogens with two attached hydrogens (primary N) is 1. The second kappa shape index (κ2) is 9.85. The van der Waals surface area contributed by atoms with Gasteiger partial charge in [-0.05, 0) is 19.4 Å². The minimum Gasteiger partial charge on any atom is -0.395 e. The number of aliphatic hydroxyl groups excluding tert-OH is 1. The molecule has 3 rings (SSSR count). The predicted octanol–water partition coefficient (Wildman–Crippen LogP) is -0.0862. The number of H-pyrrole nitrogens is 1. The van der Waals surface area contributed by atoms with Crippen LogP contribution in [0.25, 0.3) is 11.2 Å². The van der Waals surface area contributed by atoms with Crippen LogP contribution in [0.2, 0.25) is 0 Å². The Hall–Kier alpha value is -2.17. The Kier molecular flexibility index (Phi) is 7.24. The Balaban J connectivity index is 1.61. The molecule has 1 aliphatic heterocycles. The van der Waals surface area contributed by atoms with Gasteiger partial charge in [-0.1, -0.05) is 13.3 Å². The van der Waals surface area contributed by atoms with Crippen molar-refractivity contribution in [2.24, 2.45) is 0 Å². The molecule has 5 N–H and O–H groups in total. The number of nitrogens with zero attached hydrogens (tertiary/aromatic N) is 5. The Labute approximate surface area is 164 Å². The van der Waals surface area contributed by atoms with Gasteiger partial charge in [0.1, 0.15) is 5.52 Å². The first kappa shape index (κ1) is 20.6. The lowest BCUT2D eigenvalue weighted by Crippen LogP contribution is -2.47. The van der Waals surface area contributed by atoms with Gasteiger partial charge in [-0.15, -0.1) is 0 Å². The molecule has 10 nitrogen and oxygen atoms in total. The number of rotatable bonds is 10. The lowest BCUT2D eigenvalue weighted by atomic mass is 10.3. The molecule has 0 unspecified atom stereocenters. The third kappa shape index (κ3) is 5.00. The van der Waals surface area contributed by atoms with E-state index >= 15 is 0 Å². The van der Waals surface area contributed by atoms with Crippen molar-refractivity contribution < 1.29 is 5.11 Å². The lowest BCUT2D eigenvalue weighted by molar-refractivity contribution is 0.111. The van der Waals surface area contributed by atoms with Gasteiger partial charge in [0.05, 0.1) is 6.61 Å². The first-order valence-corrected chi connectivity index (χ1v) is 10.2. The molecule has 0 radical (unpaired) electrons. The molecule has 1 fully saturated rings. The topological polar surface area (TPSA) is 128 Å². The Morgan fingerprint density at radius 1 is 1.11 bits per heavy atom. The Morgan fingerprint density at radius 3 is 2.50 bits per heavy atom. The maximum Gasteiger partial charge on any atom is 0.327 e. The summed E-state index contributed by atoms with van der Waals surface area (Å²) >= 11 is 0. The fourth-order valence-corrected chi connectivity index (χ4v) is 3.55. The number of nitrogens with one attached hydrogen (secondary N) is 2. The summed E-state index contributed by atoms with van der Waals surface area (Å²) in [7, 11) is 0. The molecule has 0 saturated carbocycles. The fourth-order valence-electron chi connectivity index (χ4n) is 3.55. The van der Waals surface area contributed by atoms with Crippen molar-refractivity contribution in [2.45, 2.75) is 32.7 Å². The third-order valence-corrected chi connectivity index (χ3v) is 5.20.